The van der Waals surface area contributed by atoms with Gasteiger partial charge in [-0.05, 0) is 6.07 Å². The third kappa shape index (κ3) is 2.04. The zero-order valence-electron chi connectivity index (χ0n) is 9.05. The Labute approximate surface area is 101 Å². The first-order valence-corrected chi connectivity index (χ1v) is 4.90. The highest BCUT2D eigenvalue weighted by atomic mass is 35.5. The predicted octanol–water partition coefficient (Wildman–Crippen LogP) is 1.10. The van der Waals surface area contributed by atoms with E-state index in [-0.39, 0.29) is 18.3 Å². The number of carbonyl (C=O) groups excluding carboxylic acids is 1. The smallest absolute Gasteiger partial charge is 0.248 e. The number of hydrogen-bond donors (Lipinski definition) is 1. The Bertz CT molecular complexity index is 384. The Hall–Kier alpha value is -1.10. The zero-order valence-corrected chi connectivity index (χ0v) is 9.87. The van der Waals surface area contributed by atoms with Gasteiger partial charge in [-0.2, -0.15) is 0 Å². The fraction of sp³-hybridized carbons (Fsp3) is 0.364. The summed E-state index contributed by atoms with van der Waals surface area (Å²) in [7, 11) is 1.62. The van der Waals surface area contributed by atoms with Gasteiger partial charge in [-0.1, -0.05) is 18.2 Å². The number of methoxy groups -OCH3 is 1. The van der Waals surface area contributed by atoms with Crippen LogP contribution >= 0.6 is 12.4 Å². The second kappa shape index (κ2) is 5.30. The number of fused-ring (bicyclic) bond motifs is 1. The van der Waals surface area contributed by atoms with Crippen LogP contribution in [-0.4, -0.2) is 26.2 Å². The predicted molar refractivity (Wildman–Crippen MR) is 64.8 cm³/mol. The number of nitrogens with two attached hydrogens (primary N) is 1. The van der Waals surface area contributed by atoms with E-state index in [1.54, 1.807) is 12.0 Å². The number of amides is 1. The van der Waals surface area contributed by atoms with Crippen LogP contribution in [0, 0.1) is 0 Å². The largest absolute Gasteiger partial charge is 0.383 e. The van der Waals surface area contributed by atoms with E-state index in [1.807, 2.05) is 24.3 Å². The molecule has 0 spiro atoms. The van der Waals surface area contributed by atoms with E-state index < -0.39 is 6.04 Å². The van der Waals surface area contributed by atoms with Crippen LogP contribution in [0.2, 0.25) is 0 Å². The van der Waals surface area contributed by atoms with Crippen LogP contribution < -0.4 is 10.6 Å². The first-order chi connectivity index (χ1) is 7.25. The molecule has 2 N–H and O–H groups in total. The van der Waals surface area contributed by atoms with Gasteiger partial charge in [-0.3, -0.25) is 4.79 Å². The molecule has 0 aromatic heterocycles. The van der Waals surface area contributed by atoms with Crippen LogP contribution in [0.25, 0.3) is 0 Å². The molecular weight excluding hydrogens is 228 g/mol. The van der Waals surface area contributed by atoms with Gasteiger partial charge >= 0.3 is 0 Å². The van der Waals surface area contributed by atoms with Crippen molar-refractivity contribution in [3.63, 3.8) is 0 Å². The average Bonchev–Trinajstić information content (AvgIpc) is 2.51. The number of rotatable bonds is 3. The molecule has 1 amide bonds. The summed E-state index contributed by atoms with van der Waals surface area (Å²) in [5, 5.41) is 0. The first-order valence-electron chi connectivity index (χ1n) is 4.90. The number of halogens is 1. The molecule has 0 saturated carbocycles. The van der Waals surface area contributed by atoms with Crippen molar-refractivity contribution in [2.45, 2.75) is 6.04 Å². The Morgan fingerprint density at radius 1 is 1.44 bits per heavy atom. The van der Waals surface area contributed by atoms with E-state index in [0.29, 0.717) is 13.2 Å². The van der Waals surface area contributed by atoms with Crippen molar-refractivity contribution in [3.05, 3.63) is 29.8 Å². The summed E-state index contributed by atoms with van der Waals surface area (Å²) in [5.74, 6) is -0.0479. The number of nitrogens with zero attached hydrogens (tertiary/aromatic N) is 1. The van der Waals surface area contributed by atoms with Gasteiger partial charge in [-0.25, -0.2) is 0 Å². The van der Waals surface area contributed by atoms with E-state index >= 15 is 0 Å². The van der Waals surface area contributed by atoms with E-state index in [2.05, 4.69) is 0 Å². The van der Waals surface area contributed by atoms with Gasteiger partial charge in [0.1, 0.15) is 6.04 Å². The Kier molecular flexibility index (Phi) is 4.29. The van der Waals surface area contributed by atoms with E-state index in [9.17, 15) is 4.79 Å². The molecule has 1 aliphatic heterocycles. The van der Waals surface area contributed by atoms with Crippen molar-refractivity contribution in [2.75, 3.05) is 25.2 Å². The molecule has 0 fully saturated rings. The molecular formula is C11H15ClN2O2. The third-order valence-electron chi connectivity index (χ3n) is 2.61. The maximum Gasteiger partial charge on any atom is 0.248 e. The SMILES string of the molecule is COCCN1C(=O)C(N)c2ccccc21.Cl. The lowest BCUT2D eigenvalue weighted by Gasteiger charge is -2.16. The first kappa shape index (κ1) is 13.0. The van der Waals surface area contributed by atoms with Crippen molar-refractivity contribution in [1.82, 2.24) is 0 Å². The molecule has 0 radical (unpaired) electrons. The standard InChI is InChI=1S/C11H14N2O2.ClH/c1-15-7-6-13-9-5-3-2-4-8(9)10(12)11(13)14;/h2-5,10H,6-7,12H2,1H3;1H. The highest BCUT2D eigenvalue weighted by molar-refractivity contribution is 6.04. The van der Waals surface area contributed by atoms with Crippen molar-refractivity contribution < 1.29 is 9.53 Å². The molecule has 0 bridgehead atoms. The molecule has 1 heterocycles. The monoisotopic (exact) mass is 242 g/mol. The molecule has 1 unspecified atom stereocenters. The normalized spacial score (nSPS) is 18.2. The van der Waals surface area contributed by atoms with Crippen LogP contribution in [0.4, 0.5) is 5.69 Å². The van der Waals surface area contributed by atoms with Gasteiger partial charge in [-0.15, -0.1) is 12.4 Å². The molecule has 88 valence electrons. The quantitative estimate of drug-likeness (QED) is 0.864. The number of ether oxygens (including phenoxy) is 1. The number of anilines is 1. The fourth-order valence-electron chi connectivity index (χ4n) is 1.83. The van der Waals surface area contributed by atoms with Crippen LogP contribution in [0.3, 0.4) is 0 Å². The minimum absolute atomic E-state index is 0. The Balaban J connectivity index is 0.00000128. The summed E-state index contributed by atoms with van der Waals surface area (Å²) in [5.41, 5.74) is 7.63. The van der Waals surface area contributed by atoms with Gasteiger partial charge in [0.05, 0.1) is 6.61 Å². The van der Waals surface area contributed by atoms with Crippen LogP contribution in [0.15, 0.2) is 24.3 Å². The molecule has 5 heteroatoms. The summed E-state index contributed by atoms with van der Waals surface area (Å²) >= 11 is 0. The van der Waals surface area contributed by atoms with Gasteiger partial charge in [0, 0.05) is 24.9 Å². The highest BCUT2D eigenvalue weighted by Crippen LogP contribution is 2.33. The Morgan fingerprint density at radius 2 is 2.12 bits per heavy atom. The van der Waals surface area contributed by atoms with Crippen molar-refractivity contribution in [3.8, 4) is 0 Å². The van der Waals surface area contributed by atoms with Crippen LogP contribution in [0.1, 0.15) is 11.6 Å². The second-order valence-electron chi connectivity index (χ2n) is 3.52. The maximum atomic E-state index is 11.8. The average molecular weight is 243 g/mol. The number of hydrogen-bond acceptors (Lipinski definition) is 3. The second-order valence-corrected chi connectivity index (χ2v) is 3.52. The maximum absolute atomic E-state index is 11.8. The lowest BCUT2D eigenvalue weighted by Crippen LogP contribution is -2.34. The summed E-state index contributed by atoms with van der Waals surface area (Å²) in [6.45, 7) is 1.08. The number of benzene rings is 1. The number of para-hydroxylation sites is 1. The van der Waals surface area contributed by atoms with Crippen molar-refractivity contribution >= 4 is 24.0 Å². The zero-order chi connectivity index (χ0) is 10.8. The molecule has 1 aromatic rings. The molecule has 4 nitrogen and oxygen atoms in total. The molecule has 1 atom stereocenters. The van der Waals surface area contributed by atoms with E-state index in [4.69, 9.17) is 10.5 Å². The molecule has 2 rings (SSSR count). The summed E-state index contributed by atoms with van der Waals surface area (Å²) in [4.78, 5) is 13.5. The van der Waals surface area contributed by atoms with Gasteiger partial charge < -0.3 is 15.4 Å². The summed E-state index contributed by atoms with van der Waals surface area (Å²) in [6, 6.07) is 7.09. The molecule has 1 aromatic carbocycles. The summed E-state index contributed by atoms with van der Waals surface area (Å²) < 4.78 is 4.97. The van der Waals surface area contributed by atoms with Crippen molar-refractivity contribution in [1.29, 1.82) is 0 Å². The number of carbonyl (C=O) groups is 1. The Morgan fingerprint density at radius 3 is 2.81 bits per heavy atom. The van der Waals surface area contributed by atoms with Gasteiger partial charge in [0.25, 0.3) is 0 Å². The minimum atomic E-state index is -0.516. The lowest BCUT2D eigenvalue weighted by atomic mass is 10.1. The molecule has 0 saturated heterocycles. The topological polar surface area (TPSA) is 55.6 Å². The van der Waals surface area contributed by atoms with Crippen molar-refractivity contribution in [2.24, 2.45) is 5.73 Å². The van der Waals surface area contributed by atoms with Crippen LogP contribution in [-0.2, 0) is 9.53 Å². The van der Waals surface area contributed by atoms with Gasteiger partial charge in [0.15, 0.2) is 0 Å². The summed E-state index contributed by atoms with van der Waals surface area (Å²) in [6.07, 6.45) is 0. The highest BCUT2D eigenvalue weighted by Gasteiger charge is 2.33. The molecule has 1 aliphatic rings. The molecule has 0 aliphatic carbocycles. The minimum Gasteiger partial charge on any atom is -0.383 e. The third-order valence-corrected chi connectivity index (χ3v) is 2.61. The van der Waals surface area contributed by atoms with E-state index in [1.165, 1.54) is 0 Å². The van der Waals surface area contributed by atoms with Gasteiger partial charge in [0.2, 0.25) is 5.91 Å². The lowest BCUT2D eigenvalue weighted by molar-refractivity contribution is -0.119. The van der Waals surface area contributed by atoms with E-state index in [0.717, 1.165) is 11.3 Å². The fourth-order valence-corrected chi connectivity index (χ4v) is 1.83. The van der Waals surface area contributed by atoms with Crippen LogP contribution in [0.5, 0.6) is 0 Å². The molecule has 16 heavy (non-hydrogen) atoms.